The topological polar surface area (TPSA) is 16.4 Å². The third kappa shape index (κ3) is 5.93. The number of hydrogen-bond donors (Lipinski definition) is 0. The molecule has 0 aliphatic heterocycles. The zero-order valence-electron chi connectivity index (χ0n) is 33.1. The van der Waals surface area contributed by atoms with Crippen LogP contribution in [0.1, 0.15) is 0 Å². The van der Waals surface area contributed by atoms with Crippen LogP contribution in [0.15, 0.2) is 229 Å². The minimum Gasteiger partial charge on any atom is -0.456 e. The van der Waals surface area contributed by atoms with Crippen LogP contribution in [0.25, 0.3) is 97.4 Å². The van der Waals surface area contributed by atoms with Gasteiger partial charge in [-0.3, -0.25) is 0 Å². The zero-order chi connectivity index (χ0) is 40.3. The van der Waals surface area contributed by atoms with Crippen molar-refractivity contribution in [3.8, 4) is 44.5 Å². The lowest BCUT2D eigenvalue weighted by Gasteiger charge is -2.29. The van der Waals surface area contributed by atoms with Gasteiger partial charge in [0.2, 0.25) is 0 Å². The fourth-order valence-electron chi connectivity index (χ4n) is 9.36. The fourth-order valence-corrected chi connectivity index (χ4v) is 10.6. The Morgan fingerprint density at radius 2 is 0.885 bits per heavy atom. The predicted octanol–water partition coefficient (Wildman–Crippen LogP) is 17.2. The number of hydrogen-bond acceptors (Lipinski definition) is 3. The Bertz CT molecular complexity index is 3610. The van der Waals surface area contributed by atoms with Gasteiger partial charge in [0.05, 0.1) is 5.69 Å². The lowest BCUT2D eigenvalue weighted by atomic mass is 9.90. The van der Waals surface area contributed by atoms with Crippen molar-refractivity contribution in [3.63, 3.8) is 0 Å². The van der Waals surface area contributed by atoms with E-state index in [1.54, 1.807) is 0 Å². The number of thiophene rings is 1. The van der Waals surface area contributed by atoms with E-state index in [2.05, 4.69) is 223 Å². The third-order valence-electron chi connectivity index (χ3n) is 12.1. The lowest BCUT2D eigenvalue weighted by molar-refractivity contribution is 0.669. The highest BCUT2D eigenvalue weighted by Gasteiger charge is 2.22. The summed E-state index contributed by atoms with van der Waals surface area (Å²) < 4.78 is 8.98. The van der Waals surface area contributed by atoms with E-state index < -0.39 is 0 Å². The second-order valence-corrected chi connectivity index (χ2v) is 16.6. The van der Waals surface area contributed by atoms with E-state index in [0.29, 0.717) is 0 Å². The van der Waals surface area contributed by atoms with Crippen LogP contribution in [0.4, 0.5) is 17.1 Å². The van der Waals surface area contributed by atoms with Gasteiger partial charge in [0.15, 0.2) is 0 Å². The van der Waals surface area contributed by atoms with Crippen molar-refractivity contribution in [2.45, 2.75) is 0 Å². The van der Waals surface area contributed by atoms with Crippen LogP contribution in [-0.4, -0.2) is 0 Å². The van der Waals surface area contributed by atoms with E-state index in [4.69, 9.17) is 4.42 Å². The number of benzene rings is 10. The van der Waals surface area contributed by atoms with Crippen molar-refractivity contribution in [1.82, 2.24) is 0 Å². The quantitative estimate of drug-likeness (QED) is 0.160. The van der Waals surface area contributed by atoms with E-state index in [0.717, 1.165) is 55.7 Å². The monoisotopic (exact) mass is 795 g/mol. The van der Waals surface area contributed by atoms with Gasteiger partial charge in [0.1, 0.15) is 11.2 Å². The molecule has 0 amide bonds. The standard InChI is InChI=1S/C58H37NOS/c1-2-16-38(17-3-1)44-27-12-18-39-19-13-30-49(56(39)44)47-24-4-7-32-52(47)59(42-22-10-20-40(36-42)45-28-15-34-54-57(45)51-26-5-8-33-53(51)60-54)43-23-11-21-41(37-43)46-29-14-31-50-48-25-6-9-35-55(48)61-58(46)50/h1-37H. The number of anilines is 3. The van der Waals surface area contributed by atoms with Crippen molar-refractivity contribution in [1.29, 1.82) is 0 Å². The molecular weight excluding hydrogens is 759 g/mol. The second kappa shape index (κ2) is 14.5. The Hall–Kier alpha value is -7.72. The summed E-state index contributed by atoms with van der Waals surface area (Å²) in [6.07, 6.45) is 0. The second-order valence-electron chi connectivity index (χ2n) is 15.6. The molecule has 0 aliphatic rings. The number of fused-ring (bicyclic) bond motifs is 7. The van der Waals surface area contributed by atoms with Crippen LogP contribution in [0.5, 0.6) is 0 Å². The Morgan fingerprint density at radius 1 is 0.344 bits per heavy atom. The van der Waals surface area contributed by atoms with Crippen molar-refractivity contribution in [2.75, 3.05) is 4.90 Å². The number of nitrogens with zero attached hydrogens (tertiary/aromatic N) is 1. The molecule has 0 N–H and O–H groups in total. The van der Waals surface area contributed by atoms with Crippen molar-refractivity contribution in [3.05, 3.63) is 224 Å². The summed E-state index contributed by atoms with van der Waals surface area (Å²) in [5, 5.41) is 7.30. The van der Waals surface area contributed by atoms with Crippen LogP contribution >= 0.6 is 11.3 Å². The van der Waals surface area contributed by atoms with E-state index in [-0.39, 0.29) is 0 Å². The molecule has 0 spiro atoms. The predicted molar refractivity (Wildman–Crippen MR) is 261 cm³/mol. The zero-order valence-corrected chi connectivity index (χ0v) is 33.9. The average Bonchev–Trinajstić information content (AvgIpc) is 3.91. The molecule has 0 atom stereocenters. The largest absolute Gasteiger partial charge is 0.456 e. The molecule has 0 saturated heterocycles. The first-order valence-corrected chi connectivity index (χ1v) is 21.6. The number of para-hydroxylation sites is 2. The summed E-state index contributed by atoms with van der Waals surface area (Å²) in [6.45, 7) is 0. The van der Waals surface area contributed by atoms with Crippen LogP contribution in [0.2, 0.25) is 0 Å². The van der Waals surface area contributed by atoms with Crippen molar-refractivity contribution >= 4 is 81.3 Å². The molecule has 61 heavy (non-hydrogen) atoms. The van der Waals surface area contributed by atoms with Gasteiger partial charge in [-0.05, 0) is 98.2 Å². The van der Waals surface area contributed by atoms with Crippen LogP contribution < -0.4 is 4.90 Å². The Labute approximate surface area is 357 Å². The summed E-state index contributed by atoms with van der Waals surface area (Å²) >= 11 is 1.87. The summed E-state index contributed by atoms with van der Waals surface area (Å²) in [4.78, 5) is 2.45. The normalized spacial score (nSPS) is 11.6. The molecule has 2 aromatic heterocycles. The summed E-state index contributed by atoms with van der Waals surface area (Å²) in [7, 11) is 0. The van der Waals surface area contributed by atoms with Crippen LogP contribution in [0.3, 0.4) is 0 Å². The van der Waals surface area contributed by atoms with Crippen LogP contribution in [0, 0.1) is 0 Å². The van der Waals surface area contributed by atoms with Gasteiger partial charge in [-0.2, -0.15) is 0 Å². The number of rotatable bonds is 7. The number of furan rings is 1. The van der Waals surface area contributed by atoms with Gasteiger partial charge < -0.3 is 9.32 Å². The molecule has 2 nitrogen and oxygen atoms in total. The highest BCUT2D eigenvalue weighted by molar-refractivity contribution is 7.26. The maximum Gasteiger partial charge on any atom is 0.136 e. The van der Waals surface area contributed by atoms with E-state index in [1.165, 1.54) is 58.8 Å². The van der Waals surface area contributed by atoms with Gasteiger partial charge >= 0.3 is 0 Å². The summed E-state index contributed by atoms with van der Waals surface area (Å²) in [6, 6.07) is 81.3. The Balaban J connectivity index is 1.10. The maximum atomic E-state index is 6.37. The SMILES string of the molecule is c1ccc(-c2cccc3cccc(-c4ccccc4N(c4cccc(-c5cccc6c5sc5ccccc56)c4)c4cccc(-c5cccc6oc7ccccc7c56)c4)c23)cc1. The molecule has 0 radical (unpaired) electrons. The summed E-state index contributed by atoms with van der Waals surface area (Å²) in [5.41, 5.74) is 14.5. The molecule has 286 valence electrons. The molecule has 0 fully saturated rings. The van der Waals surface area contributed by atoms with Gasteiger partial charge in [0.25, 0.3) is 0 Å². The molecule has 0 aliphatic carbocycles. The van der Waals surface area contributed by atoms with E-state index >= 15 is 0 Å². The van der Waals surface area contributed by atoms with Crippen molar-refractivity contribution < 1.29 is 4.42 Å². The third-order valence-corrected chi connectivity index (χ3v) is 13.3. The van der Waals surface area contributed by atoms with E-state index in [1.807, 2.05) is 17.4 Å². The minimum absolute atomic E-state index is 0.889. The van der Waals surface area contributed by atoms with Crippen LogP contribution in [-0.2, 0) is 0 Å². The molecule has 0 saturated carbocycles. The molecule has 12 rings (SSSR count). The smallest absolute Gasteiger partial charge is 0.136 e. The van der Waals surface area contributed by atoms with E-state index in [9.17, 15) is 0 Å². The lowest BCUT2D eigenvalue weighted by Crippen LogP contribution is -2.11. The average molecular weight is 796 g/mol. The molecule has 2 heterocycles. The molecule has 12 aromatic rings. The first-order chi connectivity index (χ1) is 30.3. The first kappa shape index (κ1) is 35.2. The fraction of sp³-hybridized carbons (Fsp3) is 0. The molecule has 0 unspecified atom stereocenters. The first-order valence-electron chi connectivity index (χ1n) is 20.7. The highest BCUT2D eigenvalue weighted by atomic mass is 32.1. The highest BCUT2D eigenvalue weighted by Crippen LogP contribution is 2.47. The molecule has 3 heteroatoms. The Morgan fingerprint density at radius 3 is 1.70 bits per heavy atom. The van der Waals surface area contributed by atoms with Gasteiger partial charge in [-0.15, -0.1) is 11.3 Å². The Kier molecular flexibility index (Phi) is 8.39. The van der Waals surface area contributed by atoms with Gasteiger partial charge in [-0.25, -0.2) is 0 Å². The minimum atomic E-state index is 0.889. The molecule has 0 bridgehead atoms. The summed E-state index contributed by atoms with van der Waals surface area (Å²) in [5.74, 6) is 0. The van der Waals surface area contributed by atoms with Gasteiger partial charge in [-0.1, -0.05) is 176 Å². The maximum absolute atomic E-state index is 6.37. The molecular formula is C58H37NOS. The van der Waals surface area contributed by atoms with Gasteiger partial charge in [0, 0.05) is 47.9 Å². The van der Waals surface area contributed by atoms with Crippen molar-refractivity contribution in [2.24, 2.45) is 0 Å². The molecule has 10 aromatic carbocycles.